The van der Waals surface area contributed by atoms with Crippen LogP contribution in [0.3, 0.4) is 0 Å². The second-order valence-corrected chi connectivity index (χ2v) is 4.91. The molecule has 0 amide bonds. The van der Waals surface area contributed by atoms with Crippen molar-refractivity contribution in [2.24, 2.45) is 0 Å². The van der Waals surface area contributed by atoms with Gasteiger partial charge in [-0.15, -0.1) is 11.3 Å². The summed E-state index contributed by atoms with van der Waals surface area (Å²) >= 11 is 1.41. The first-order valence-electron chi connectivity index (χ1n) is 5.35. The van der Waals surface area contributed by atoms with E-state index >= 15 is 0 Å². The van der Waals surface area contributed by atoms with Gasteiger partial charge in [-0.25, -0.2) is 0 Å². The first-order chi connectivity index (χ1) is 8.74. The van der Waals surface area contributed by atoms with Crippen LogP contribution in [0.2, 0.25) is 0 Å². The molecule has 6 heteroatoms. The van der Waals surface area contributed by atoms with Gasteiger partial charge in [0.15, 0.2) is 0 Å². The fourth-order valence-electron chi connectivity index (χ4n) is 1.61. The second-order valence-electron chi connectivity index (χ2n) is 3.79. The predicted octanol–water partition coefficient (Wildman–Crippen LogP) is 2.75. The lowest BCUT2D eigenvalue weighted by Crippen LogP contribution is -1.88. The van der Waals surface area contributed by atoms with Crippen molar-refractivity contribution < 1.29 is 4.52 Å². The van der Waals surface area contributed by atoms with E-state index < -0.39 is 0 Å². The Hall–Kier alpha value is -2.21. The quantitative estimate of drug-likeness (QED) is 0.764. The molecule has 90 valence electrons. The largest absolute Gasteiger partial charge is 0.391 e. The summed E-state index contributed by atoms with van der Waals surface area (Å²) in [5, 5.41) is 4.67. The molecule has 0 unspecified atom stereocenters. The zero-order valence-corrected chi connectivity index (χ0v) is 10.4. The summed E-state index contributed by atoms with van der Waals surface area (Å²) in [5.41, 5.74) is 7.42. The highest BCUT2D eigenvalue weighted by Gasteiger charge is 2.14. The Bertz CT molecular complexity index is 689. The monoisotopic (exact) mass is 258 g/mol. The van der Waals surface area contributed by atoms with Crippen LogP contribution in [0.4, 0.5) is 5.00 Å². The second kappa shape index (κ2) is 4.23. The lowest BCUT2D eigenvalue weighted by Gasteiger charge is -1.96. The zero-order valence-electron chi connectivity index (χ0n) is 9.62. The summed E-state index contributed by atoms with van der Waals surface area (Å²) in [7, 11) is 0. The highest BCUT2D eigenvalue weighted by atomic mass is 32.1. The van der Waals surface area contributed by atoms with Crippen molar-refractivity contribution in [2.45, 2.75) is 6.92 Å². The third-order valence-electron chi connectivity index (χ3n) is 2.48. The van der Waals surface area contributed by atoms with E-state index in [1.807, 2.05) is 31.2 Å². The average molecular weight is 258 g/mol. The van der Waals surface area contributed by atoms with E-state index in [0.29, 0.717) is 11.7 Å². The van der Waals surface area contributed by atoms with E-state index in [4.69, 9.17) is 10.3 Å². The fourth-order valence-corrected chi connectivity index (χ4v) is 2.30. The van der Waals surface area contributed by atoms with Gasteiger partial charge in [0.05, 0.1) is 9.88 Å². The van der Waals surface area contributed by atoms with E-state index in [1.165, 1.54) is 11.3 Å². The Morgan fingerprint density at radius 3 is 2.89 bits per heavy atom. The molecule has 0 spiro atoms. The Labute approximate surface area is 107 Å². The first kappa shape index (κ1) is 10.9. The maximum absolute atomic E-state index is 5.67. The maximum Gasteiger partial charge on any atom is 0.268 e. The van der Waals surface area contributed by atoms with Gasteiger partial charge in [-0.2, -0.15) is 4.98 Å². The molecule has 3 aromatic heterocycles. The van der Waals surface area contributed by atoms with E-state index in [2.05, 4.69) is 15.1 Å². The van der Waals surface area contributed by atoms with Gasteiger partial charge in [0.25, 0.3) is 5.89 Å². The number of hydrogen-bond acceptors (Lipinski definition) is 6. The van der Waals surface area contributed by atoms with Crippen LogP contribution in [0.1, 0.15) is 5.56 Å². The molecule has 0 fully saturated rings. The number of nitrogens with zero attached hydrogens (tertiary/aromatic N) is 3. The van der Waals surface area contributed by atoms with Crippen molar-refractivity contribution in [1.82, 2.24) is 15.1 Å². The molecule has 0 aliphatic carbocycles. The number of pyridine rings is 1. The standard InChI is InChI=1S/C12H10N4OS/c1-7-3-2-6-14-10(7)11-15-12(17-16-11)8-4-5-9(13)18-8/h2-6H,13H2,1H3. The molecule has 0 aliphatic rings. The first-order valence-corrected chi connectivity index (χ1v) is 6.17. The van der Waals surface area contributed by atoms with Crippen molar-refractivity contribution in [3.05, 3.63) is 36.0 Å². The van der Waals surface area contributed by atoms with Gasteiger partial charge in [-0.05, 0) is 30.7 Å². The van der Waals surface area contributed by atoms with Gasteiger partial charge in [-0.3, -0.25) is 4.98 Å². The van der Waals surface area contributed by atoms with Crippen molar-refractivity contribution in [3.63, 3.8) is 0 Å². The molecule has 0 bridgehead atoms. The van der Waals surface area contributed by atoms with Crippen LogP contribution in [0.25, 0.3) is 22.3 Å². The molecule has 3 aromatic rings. The van der Waals surface area contributed by atoms with E-state index in [9.17, 15) is 0 Å². The molecule has 0 atom stereocenters. The predicted molar refractivity (Wildman–Crippen MR) is 70.0 cm³/mol. The summed E-state index contributed by atoms with van der Waals surface area (Å²) in [4.78, 5) is 9.45. The van der Waals surface area contributed by atoms with Gasteiger partial charge in [0.2, 0.25) is 5.82 Å². The summed E-state index contributed by atoms with van der Waals surface area (Å²) in [5.74, 6) is 0.965. The SMILES string of the molecule is Cc1cccnc1-c1noc(-c2ccc(N)s2)n1. The van der Waals surface area contributed by atoms with Crippen LogP contribution in [-0.4, -0.2) is 15.1 Å². The van der Waals surface area contributed by atoms with Gasteiger partial charge in [-0.1, -0.05) is 11.2 Å². The molecule has 0 aromatic carbocycles. The smallest absolute Gasteiger partial charge is 0.268 e. The molecular weight excluding hydrogens is 248 g/mol. The van der Waals surface area contributed by atoms with Gasteiger partial charge in [0, 0.05) is 6.20 Å². The lowest BCUT2D eigenvalue weighted by molar-refractivity contribution is 0.433. The molecule has 0 saturated heterocycles. The van der Waals surface area contributed by atoms with Crippen LogP contribution in [0, 0.1) is 6.92 Å². The minimum absolute atomic E-state index is 0.469. The van der Waals surface area contributed by atoms with Crippen molar-refractivity contribution in [1.29, 1.82) is 0 Å². The number of rotatable bonds is 2. The number of nitrogen functional groups attached to an aromatic ring is 1. The maximum atomic E-state index is 5.67. The molecule has 0 radical (unpaired) electrons. The third-order valence-corrected chi connectivity index (χ3v) is 3.39. The number of aromatic nitrogens is 3. The Balaban J connectivity index is 2.02. The third kappa shape index (κ3) is 1.86. The minimum Gasteiger partial charge on any atom is -0.391 e. The molecule has 3 rings (SSSR count). The number of anilines is 1. The van der Waals surface area contributed by atoms with Crippen LogP contribution >= 0.6 is 11.3 Å². The minimum atomic E-state index is 0.469. The number of aryl methyl sites for hydroxylation is 1. The average Bonchev–Trinajstić information content (AvgIpc) is 2.98. The van der Waals surface area contributed by atoms with Crippen LogP contribution < -0.4 is 5.73 Å². The zero-order chi connectivity index (χ0) is 12.5. The van der Waals surface area contributed by atoms with Crippen LogP contribution in [0.5, 0.6) is 0 Å². The number of hydrogen-bond donors (Lipinski definition) is 1. The van der Waals surface area contributed by atoms with Crippen molar-refractivity contribution in [2.75, 3.05) is 5.73 Å². The normalized spacial score (nSPS) is 10.7. The molecule has 0 aliphatic heterocycles. The summed E-state index contributed by atoms with van der Waals surface area (Å²) in [6, 6.07) is 7.51. The highest BCUT2D eigenvalue weighted by Crippen LogP contribution is 2.29. The summed E-state index contributed by atoms with van der Waals surface area (Å²) in [6.45, 7) is 1.96. The highest BCUT2D eigenvalue weighted by molar-refractivity contribution is 7.19. The Morgan fingerprint density at radius 1 is 1.28 bits per heavy atom. The lowest BCUT2D eigenvalue weighted by atomic mass is 10.2. The van der Waals surface area contributed by atoms with E-state index in [-0.39, 0.29) is 0 Å². The van der Waals surface area contributed by atoms with Crippen LogP contribution in [-0.2, 0) is 0 Å². The molecule has 3 heterocycles. The van der Waals surface area contributed by atoms with Gasteiger partial charge < -0.3 is 10.3 Å². The van der Waals surface area contributed by atoms with Gasteiger partial charge >= 0.3 is 0 Å². The molecular formula is C12H10N4OS. The van der Waals surface area contributed by atoms with E-state index in [0.717, 1.165) is 21.1 Å². The Morgan fingerprint density at radius 2 is 2.17 bits per heavy atom. The summed E-state index contributed by atoms with van der Waals surface area (Å²) in [6.07, 6.45) is 1.71. The molecule has 2 N–H and O–H groups in total. The van der Waals surface area contributed by atoms with Crippen molar-refractivity contribution >= 4 is 16.3 Å². The number of thiophene rings is 1. The van der Waals surface area contributed by atoms with Gasteiger partial charge in [0.1, 0.15) is 5.69 Å². The Kier molecular flexibility index (Phi) is 2.56. The fraction of sp³-hybridized carbons (Fsp3) is 0.0833. The van der Waals surface area contributed by atoms with Crippen LogP contribution in [0.15, 0.2) is 35.0 Å². The van der Waals surface area contributed by atoms with Crippen molar-refractivity contribution in [3.8, 4) is 22.3 Å². The molecule has 0 saturated carbocycles. The summed E-state index contributed by atoms with van der Waals surface area (Å²) < 4.78 is 5.23. The van der Waals surface area contributed by atoms with E-state index in [1.54, 1.807) is 6.20 Å². The molecule has 5 nitrogen and oxygen atoms in total. The topological polar surface area (TPSA) is 77.8 Å². The number of nitrogens with two attached hydrogens (primary N) is 1. The molecule has 18 heavy (non-hydrogen) atoms.